The van der Waals surface area contributed by atoms with Gasteiger partial charge in [-0.05, 0) is 11.6 Å². The molecule has 1 aliphatic heterocycles. The Morgan fingerprint density at radius 1 is 1.06 bits per heavy atom. The number of carbonyl (C=O) groups is 1. The predicted molar refractivity (Wildman–Crippen MR) is 48.1 cm³/mol. The second-order valence-corrected chi connectivity index (χ2v) is 4.03. The van der Waals surface area contributed by atoms with Crippen LogP contribution in [0, 0.1) is 0 Å². The second kappa shape index (κ2) is 4.76. The molecule has 18 heavy (non-hydrogen) atoms. The summed E-state index contributed by atoms with van der Waals surface area (Å²) in [4.78, 5) is 11.5. The highest BCUT2D eigenvalue weighted by Crippen LogP contribution is 2.48. The fourth-order valence-electron chi connectivity index (χ4n) is 1.28. The minimum Gasteiger partial charge on any atom is -0.378 e. The molecule has 0 unspecified atom stereocenters. The smallest absolute Gasteiger partial charge is 0.378 e. The topological polar surface area (TPSA) is 29.5 Å². The Balaban J connectivity index is 2.94. The van der Waals surface area contributed by atoms with Gasteiger partial charge in [0.15, 0.2) is 0 Å². The molecule has 10 heteroatoms. The lowest BCUT2D eigenvalue weighted by atomic mass is 10.1. The van der Waals surface area contributed by atoms with Crippen molar-refractivity contribution in [3.05, 3.63) is 0 Å². The summed E-state index contributed by atoms with van der Waals surface area (Å²) in [5.41, 5.74) is 0. The van der Waals surface area contributed by atoms with Crippen LogP contribution >= 0.6 is 11.6 Å². The zero-order valence-corrected chi connectivity index (χ0v) is 9.49. The number of rotatable bonds is 3. The summed E-state index contributed by atoms with van der Waals surface area (Å²) in [6.07, 6.45) is 0. The van der Waals surface area contributed by atoms with Crippen molar-refractivity contribution in [1.29, 1.82) is 0 Å². The fraction of sp³-hybridized carbons (Fsp3) is 0.875. The molecule has 1 saturated heterocycles. The molecule has 0 aromatic carbocycles. The summed E-state index contributed by atoms with van der Waals surface area (Å²) in [5.74, 6) is -14.0. The molecule has 0 atom stereocenters. The SMILES string of the molecule is O=C(N1CCOCC1)C(F)(F)C(F)(F)C(F)(F)Cl. The van der Waals surface area contributed by atoms with Gasteiger partial charge in [-0.1, -0.05) is 0 Å². The number of hydrogen-bond donors (Lipinski definition) is 0. The average Bonchev–Trinajstić information content (AvgIpc) is 2.27. The lowest BCUT2D eigenvalue weighted by Gasteiger charge is -2.34. The average molecular weight is 300 g/mol. The minimum atomic E-state index is -5.98. The molecule has 106 valence electrons. The van der Waals surface area contributed by atoms with Gasteiger partial charge < -0.3 is 9.64 Å². The second-order valence-electron chi connectivity index (χ2n) is 3.55. The summed E-state index contributed by atoms with van der Waals surface area (Å²) in [5, 5.41) is -5.53. The third-order valence-electron chi connectivity index (χ3n) is 2.32. The van der Waals surface area contributed by atoms with E-state index in [1.54, 1.807) is 0 Å². The van der Waals surface area contributed by atoms with Crippen LogP contribution < -0.4 is 0 Å². The maximum Gasteiger partial charge on any atom is 0.395 e. The minimum absolute atomic E-state index is 0.134. The molecule has 1 amide bonds. The van der Waals surface area contributed by atoms with E-state index < -0.39 is 23.1 Å². The van der Waals surface area contributed by atoms with Crippen molar-refractivity contribution in [2.45, 2.75) is 17.2 Å². The molecule has 1 aliphatic rings. The van der Waals surface area contributed by atoms with Gasteiger partial charge in [-0.2, -0.15) is 26.3 Å². The van der Waals surface area contributed by atoms with Crippen LogP contribution in [0.1, 0.15) is 0 Å². The van der Waals surface area contributed by atoms with Crippen LogP contribution in [0.2, 0.25) is 0 Å². The molecule has 0 spiro atoms. The summed E-state index contributed by atoms with van der Waals surface area (Å²) in [6.45, 7) is -1.02. The molecule has 1 fully saturated rings. The van der Waals surface area contributed by atoms with Gasteiger partial charge in [-0.25, -0.2) is 0 Å². The van der Waals surface area contributed by atoms with Crippen LogP contribution in [0.3, 0.4) is 0 Å². The van der Waals surface area contributed by atoms with Gasteiger partial charge in [0.2, 0.25) is 0 Å². The van der Waals surface area contributed by atoms with E-state index in [4.69, 9.17) is 4.74 Å². The molecule has 3 nitrogen and oxygen atoms in total. The zero-order chi connectivity index (χ0) is 14.2. The number of morpholine rings is 1. The van der Waals surface area contributed by atoms with E-state index in [2.05, 4.69) is 11.6 Å². The lowest BCUT2D eigenvalue weighted by molar-refractivity contribution is -0.274. The summed E-state index contributed by atoms with van der Waals surface area (Å²) in [7, 11) is 0. The van der Waals surface area contributed by atoms with Crippen molar-refractivity contribution in [3.63, 3.8) is 0 Å². The van der Waals surface area contributed by atoms with Crippen LogP contribution in [-0.2, 0) is 9.53 Å². The van der Waals surface area contributed by atoms with Crippen molar-refractivity contribution < 1.29 is 35.9 Å². The first-order chi connectivity index (χ1) is 8.02. The number of carbonyl (C=O) groups excluding carboxylic acids is 1. The van der Waals surface area contributed by atoms with E-state index in [0.717, 1.165) is 0 Å². The summed E-state index contributed by atoms with van der Waals surface area (Å²) in [6, 6.07) is 0. The van der Waals surface area contributed by atoms with Crippen molar-refractivity contribution in [3.8, 4) is 0 Å². The molecular formula is C8H8ClF6NO2. The maximum atomic E-state index is 13.1. The van der Waals surface area contributed by atoms with E-state index in [9.17, 15) is 31.1 Å². The highest BCUT2D eigenvalue weighted by atomic mass is 35.5. The van der Waals surface area contributed by atoms with Crippen molar-refractivity contribution in [1.82, 2.24) is 4.90 Å². The van der Waals surface area contributed by atoms with Gasteiger partial charge >= 0.3 is 17.2 Å². The van der Waals surface area contributed by atoms with Crippen molar-refractivity contribution in [2.24, 2.45) is 0 Å². The molecule has 0 aromatic heterocycles. The van der Waals surface area contributed by atoms with E-state index in [1.165, 1.54) is 0 Å². The lowest BCUT2D eigenvalue weighted by Crippen LogP contribution is -2.61. The maximum absolute atomic E-state index is 13.1. The van der Waals surface area contributed by atoms with Crippen LogP contribution in [-0.4, -0.2) is 54.3 Å². The van der Waals surface area contributed by atoms with Gasteiger partial charge in [0.25, 0.3) is 5.91 Å². The van der Waals surface area contributed by atoms with Crippen LogP contribution in [0.5, 0.6) is 0 Å². The van der Waals surface area contributed by atoms with Crippen molar-refractivity contribution >= 4 is 17.5 Å². The quantitative estimate of drug-likeness (QED) is 0.589. The van der Waals surface area contributed by atoms with Gasteiger partial charge in [-0.15, -0.1) is 0 Å². The number of halogens is 7. The standard InChI is InChI=1S/C8H8ClF6NO2/c9-8(14,15)7(12,13)6(10,11)5(17)16-1-3-18-4-2-16/h1-4H2. The van der Waals surface area contributed by atoms with Crippen molar-refractivity contribution in [2.75, 3.05) is 26.3 Å². The normalized spacial score (nSPS) is 18.9. The largest absolute Gasteiger partial charge is 0.395 e. The Bertz CT molecular complexity index is 326. The van der Waals surface area contributed by atoms with E-state index >= 15 is 0 Å². The molecule has 0 N–H and O–H groups in total. The Labute approximate surface area is 103 Å². The first-order valence-electron chi connectivity index (χ1n) is 4.71. The van der Waals surface area contributed by atoms with Gasteiger partial charge in [0, 0.05) is 13.1 Å². The van der Waals surface area contributed by atoms with Gasteiger partial charge in [-0.3, -0.25) is 4.79 Å². The Kier molecular flexibility index (Phi) is 4.06. The first-order valence-corrected chi connectivity index (χ1v) is 5.09. The number of amides is 1. The molecule has 0 radical (unpaired) electrons. The first kappa shape index (κ1) is 15.4. The monoisotopic (exact) mass is 299 g/mol. The van der Waals surface area contributed by atoms with Crippen LogP contribution in [0.4, 0.5) is 26.3 Å². The summed E-state index contributed by atoms with van der Waals surface area (Å²) < 4.78 is 81.1. The highest BCUT2D eigenvalue weighted by Gasteiger charge is 2.75. The fourth-order valence-corrected chi connectivity index (χ4v) is 1.40. The molecule has 0 saturated carbocycles. The molecule has 0 aromatic rings. The molecule has 1 rings (SSSR count). The van der Waals surface area contributed by atoms with E-state index in [0.29, 0.717) is 4.90 Å². The van der Waals surface area contributed by atoms with Gasteiger partial charge in [0.05, 0.1) is 13.2 Å². The molecule has 0 aliphatic carbocycles. The van der Waals surface area contributed by atoms with Crippen LogP contribution in [0.15, 0.2) is 0 Å². The molecule has 1 heterocycles. The third kappa shape index (κ3) is 2.51. The summed E-state index contributed by atoms with van der Waals surface area (Å²) >= 11 is 3.93. The Morgan fingerprint density at radius 3 is 1.89 bits per heavy atom. The van der Waals surface area contributed by atoms with Gasteiger partial charge in [0.1, 0.15) is 0 Å². The highest BCUT2D eigenvalue weighted by molar-refractivity contribution is 6.22. The molecular weight excluding hydrogens is 292 g/mol. The molecule has 0 bridgehead atoms. The van der Waals surface area contributed by atoms with E-state index in [-0.39, 0.29) is 26.3 Å². The Morgan fingerprint density at radius 2 is 1.50 bits per heavy atom. The Hall–Kier alpha value is -0.700. The number of alkyl halides is 7. The number of nitrogens with zero attached hydrogens (tertiary/aromatic N) is 1. The number of ether oxygens (including phenoxy) is 1. The number of hydrogen-bond acceptors (Lipinski definition) is 2. The van der Waals surface area contributed by atoms with E-state index in [1.807, 2.05) is 0 Å². The van der Waals surface area contributed by atoms with Crippen LogP contribution in [0.25, 0.3) is 0 Å². The zero-order valence-electron chi connectivity index (χ0n) is 8.74. The predicted octanol–water partition coefficient (Wildman–Crippen LogP) is 1.95. The third-order valence-corrected chi connectivity index (χ3v) is 2.55.